The van der Waals surface area contributed by atoms with E-state index in [1.807, 2.05) is 0 Å². The topological polar surface area (TPSA) is 34.1 Å². The highest BCUT2D eigenvalue weighted by Gasteiger charge is 2.40. The van der Waals surface area contributed by atoms with E-state index >= 15 is 0 Å². The minimum absolute atomic E-state index is 0.215. The van der Waals surface area contributed by atoms with Gasteiger partial charge in [0.1, 0.15) is 0 Å². The molecule has 0 spiro atoms. The van der Waals surface area contributed by atoms with Crippen molar-refractivity contribution in [1.29, 1.82) is 0 Å². The van der Waals surface area contributed by atoms with Gasteiger partial charge in [0.25, 0.3) is 0 Å². The van der Waals surface area contributed by atoms with E-state index in [9.17, 15) is 21.6 Å². The molecule has 0 bridgehead atoms. The third kappa shape index (κ3) is 3.22. The Balaban J connectivity index is 2.92. The second-order valence-corrected chi connectivity index (χ2v) is 6.79. The molecule has 0 radical (unpaired) electrons. The summed E-state index contributed by atoms with van der Waals surface area (Å²) in [5.74, 6) is 0. The normalized spacial score (nSPS) is 12.4. The van der Waals surface area contributed by atoms with Crippen LogP contribution in [0.5, 0.6) is 0 Å². The third-order valence-electron chi connectivity index (χ3n) is 2.85. The minimum Gasteiger partial charge on any atom is -0.224 e. The summed E-state index contributed by atoms with van der Waals surface area (Å²) in [6.45, 7) is 0. The van der Waals surface area contributed by atoms with Crippen LogP contribution in [-0.2, 0) is 16.0 Å². The van der Waals surface area contributed by atoms with Crippen LogP contribution in [0.2, 0.25) is 5.02 Å². The van der Waals surface area contributed by atoms with Gasteiger partial charge in [-0.25, -0.2) is 8.42 Å². The molecule has 112 valence electrons. The van der Waals surface area contributed by atoms with Gasteiger partial charge in [-0.1, -0.05) is 48.0 Å². The Morgan fingerprint density at radius 1 is 1.00 bits per heavy atom. The quantitative estimate of drug-likeness (QED) is 0.814. The van der Waals surface area contributed by atoms with Crippen molar-refractivity contribution in [1.82, 2.24) is 0 Å². The van der Waals surface area contributed by atoms with Gasteiger partial charge in [0.2, 0.25) is 0 Å². The van der Waals surface area contributed by atoms with Gasteiger partial charge < -0.3 is 0 Å². The van der Waals surface area contributed by atoms with Gasteiger partial charge in [0, 0.05) is 6.26 Å². The summed E-state index contributed by atoms with van der Waals surface area (Å²) in [5.41, 5.74) is -1.18. The standard InChI is InChI=1S/C14H10ClF3O2S/c1-21(19,20)13-11(15)8-7-10(12(13)14(16,17)18)9-5-3-2-4-6-9/h2-8H,1H3. The van der Waals surface area contributed by atoms with Gasteiger partial charge in [-0.05, 0) is 17.2 Å². The predicted molar refractivity (Wildman–Crippen MR) is 75.0 cm³/mol. The minimum atomic E-state index is -4.84. The summed E-state index contributed by atoms with van der Waals surface area (Å²) in [5, 5.41) is -0.440. The smallest absolute Gasteiger partial charge is 0.224 e. The molecule has 0 aliphatic rings. The lowest BCUT2D eigenvalue weighted by molar-refractivity contribution is -0.139. The van der Waals surface area contributed by atoms with Crippen molar-refractivity contribution in [3.05, 3.63) is 53.1 Å². The molecule has 0 aliphatic heterocycles. The molecule has 2 rings (SSSR count). The average molecular weight is 335 g/mol. The van der Waals surface area contributed by atoms with Crippen molar-refractivity contribution in [2.75, 3.05) is 6.26 Å². The van der Waals surface area contributed by atoms with E-state index < -0.39 is 31.5 Å². The molecular weight excluding hydrogens is 325 g/mol. The number of hydrogen-bond donors (Lipinski definition) is 0. The molecular formula is C14H10ClF3O2S. The van der Waals surface area contributed by atoms with Crippen LogP contribution in [0.25, 0.3) is 11.1 Å². The number of benzene rings is 2. The van der Waals surface area contributed by atoms with Crippen LogP contribution in [0.15, 0.2) is 47.4 Å². The third-order valence-corrected chi connectivity index (χ3v) is 4.44. The van der Waals surface area contributed by atoms with Gasteiger partial charge in [-0.15, -0.1) is 0 Å². The van der Waals surface area contributed by atoms with E-state index in [2.05, 4.69) is 0 Å². The summed E-state index contributed by atoms with van der Waals surface area (Å²) in [4.78, 5) is -0.891. The van der Waals surface area contributed by atoms with Crippen LogP contribution in [0, 0.1) is 0 Å². The number of sulfone groups is 1. The molecule has 0 aromatic heterocycles. The molecule has 2 nitrogen and oxygen atoms in total. The largest absolute Gasteiger partial charge is 0.418 e. The van der Waals surface area contributed by atoms with Crippen molar-refractivity contribution in [2.45, 2.75) is 11.1 Å². The molecule has 0 saturated heterocycles. The molecule has 0 unspecified atom stereocenters. The zero-order valence-corrected chi connectivity index (χ0v) is 12.4. The molecule has 0 fully saturated rings. The highest BCUT2D eigenvalue weighted by molar-refractivity contribution is 7.90. The van der Waals surface area contributed by atoms with Crippen LogP contribution in [-0.4, -0.2) is 14.7 Å². The SMILES string of the molecule is CS(=O)(=O)c1c(Cl)ccc(-c2ccccc2)c1C(F)(F)F. The van der Waals surface area contributed by atoms with E-state index in [-0.39, 0.29) is 11.1 Å². The number of rotatable bonds is 2. The first-order chi connectivity index (χ1) is 9.62. The Hall–Kier alpha value is -1.53. The Morgan fingerprint density at radius 2 is 1.57 bits per heavy atom. The van der Waals surface area contributed by atoms with Crippen LogP contribution < -0.4 is 0 Å². The van der Waals surface area contributed by atoms with Gasteiger partial charge in [0.05, 0.1) is 15.5 Å². The fraction of sp³-hybridized carbons (Fsp3) is 0.143. The maximum atomic E-state index is 13.4. The Morgan fingerprint density at radius 3 is 2.05 bits per heavy atom. The second kappa shape index (κ2) is 5.35. The van der Waals surface area contributed by atoms with Gasteiger partial charge in [-0.3, -0.25) is 0 Å². The van der Waals surface area contributed by atoms with Crippen molar-refractivity contribution in [3.8, 4) is 11.1 Å². The van der Waals surface area contributed by atoms with E-state index in [1.54, 1.807) is 18.2 Å². The summed E-state index contributed by atoms with van der Waals surface area (Å²) in [6.07, 6.45) is -4.13. The molecule has 0 N–H and O–H groups in total. The average Bonchev–Trinajstić information content (AvgIpc) is 2.37. The monoisotopic (exact) mass is 334 g/mol. The van der Waals surface area contributed by atoms with E-state index in [1.165, 1.54) is 18.2 Å². The predicted octanol–water partition coefficient (Wildman–Crippen LogP) is 4.43. The molecule has 7 heteroatoms. The lowest BCUT2D eigenvalue weighted by Crippen LogP contribution is -2.15. The molecule has 0 saturated carbocycles. The maximum Gasteiger partial charge on any atom is 0.418 e. The molecule has 0 atom stereocenters. The van der Waals surface area contributed by atoms with E-state index in [0.29, 0.717) is 6.26 Å². The summed E-state index contributed by atoms with van der Waals surface area (Å²) in [6, 6.07) is 10.1. The first-order valence-corrected chi connectivity index (χ1v) is 8.04. The summed E-state index contributed by atoms with van der Waals surface area (Å²) >= 11 is 5.70. The first-order valence-electron chi connectivity index (χ1n) is 5.77. The molecule has 2 aromatic rings. The van der Waals surface area contributed by atoms with Crippen LogP contribution in [0.3, 0.4) is 0 Å². The van der Waals surface area contributed by atoms with Crippen molar-refractivity contribution in [3.63, 3.8) is 0 Å². The number of hydrogen-bond acceptors (Lipinski definition) is 2. The van der Waals surface area contributed by atoms with Crippen molar-refractivity contribution in [2.24, 2.45) is 0 Å². The van der Waals surface area contributed by atoms with Crippen LogP contribution in [0.1, 0.15) is 5.56 Å². The van der Waals surface area contributed by atoms with Gasteiger partial charge in [-0.2, -0.15) is 13.2 Å². The summed E-state index contributed by atoms with van der Waals surface area (Å²) < 4.78 is 63.6. The Bertz CT molecular complexity index is 769. The van der Waals surface area contributed by atoms with E-state index in [4.69, 9.17) is 11.6 Å². The molecule has 21 heavy (non-hydrogen) atoms. The fourth-order valence-corrected chi connectivity index (χ4v) is 3.66. The van der Waals surface area contributed by atoms with Crippen molar-refractivity contribution < 1.29 is 21.6 Å². The highest BCUT2D eigenvalue weighted by atomic mass is 35.5. The molecule has 2 aromatic carbocycles. The molecule has 0 heterocycles. The summed E-state index contributed by atoms with van der Waals surface area (Å²) in [7, 11) is -4.13. The maximum absolute atomic E-state index is 13.4. The zero-order valence-electron chi connectivity index (χ0n) is 10.8. The van der Waals surface area contributed by atoms with Crippen LogP contribution in [0.4, 0.5) is 13.2 Å². The lowest BCUT2D eigenvalue weighted by atomic mass is 9.99. The Kier molecular flexibility index (Phi) is 4.04. The first kappa shape index (κ1) is 15.9. The molecule has 0 aliphatic carbocycles. The fourth-order valence-electron chi connectivity index (χ4n) is 2.06. The van der Waals surface area contributed by atoms with Crippen LogP contribution >= 0.6 is 11.6 Å². The highest BCUT2D eigenvalue weighted by Crippen LogP contribution is 2.43. The zero-order chi connectivity index (χ0) is 15.8. The van der Waals surface area contributed by atoms with E-state index in [0.717, 1.165) is 6.07 Å². The van der Waals surface area contributed by atoms with Gasteiger partial charge in [0.15, 0.2) is 9.84 Å². The second-order valence-electron chi connectivity index (χ2n) is 4.44. The lowest BCUT2D eigenvalue weighted by Gasteiger charge is -2.18. The molecule has 0 amide bonds. The number of halogens is 4. The Labute approximate surface area is 125 Å². The van der Waals surface area contributed by atoms with Crippen molar-refractivity contribution >= 4 is 21.4 Å². The number of alkyl halides is 3. The van der Waals surface area contributed by atoms with Gasteiger partial charge >= 0.3 is 6.18 Å².